The lowest BCUT2D eigenvalue weighted by Gasteiger charge is -2.38. The van der Waals surface area contributed by atoms with Gasteiger partial charge in [-0.2, -0.15) is 0 Å². The molecule has 4 heterocycles. The molecule has 206 valence electrons. The van der Waals surface area contributed by atoms with Gasteiger partial charge in [-0.3, -0.25) is 14.6 Å². The number of aliphatic hydroxyl groups excluding tert-OH is 2. The van der Waals surface area contributed by atoms with Crippen LogP contribution in [0.5, 0.6) is 5.75 Å². The average molecular weight is 553 g/mol. The lowest BCUT2D eigenvalue weighted by Crippen LogP contribution is -2.51. The number of pyridine rings is 2. The number of nitrogens with one attached hydrogen (secondary N) is 2. The van der Waals surface area contributed by atoms with E-state index in [1.165, 1.54) is 11.8 Å². The average Bonchev–Trinajstić information content (AvgIpc) is 2.96. The molecular weight excluding hydrogens is 520 g/mol. The number of benzene rings is 1. The summed E-state index contributed by atoms with van der Waals surface area (Å²) in [6.45, 7) is -0.389. The molecule has 4 atom stereocenters. The van der Waals surface area contributed by atoms with Crippen LogP contribution in [0.15, 0.2) is 47.5 Å². The highest BCUT2D eigenvalue weighted by Gasteiger charge is 2.34. The number of methoxy groups -OCH3 is 1. The topological polar surface area (TPSA) is 143 Å². The van der Waals surface area contributed by atoms with Crippen LogP contribution in [-0.4, -0.2) is 75.8 Å². The highest BCUT2D eigenvalue weighted by Crippen LogP contribution is 2.31. The SMILES string of the molecule is COc1cnc2cccc(CC[C@@H]3CC[C@@H](NC(=O)c4ccc5c(n4)NC(=O)CS5)[C@@H](C[C@H](O)CO)O3)c2c1. The van der Waals surface area contributed by atoms with E-state index in [0.29, 0.717) is 23.7 Å². The molecule has 5 rings (SSSR count). The maximum absolute atomic E-state index is 13.1. The van der Waals surface area contributed by atoms with Gasteiger partial charge >= 0.3 is 0 Å². The van der Waals surface area contributed by atoms with Gasteiger partial charge in [0.1, 0.15) is 17.3 Å². The van der Waals surface area contributed by atoms with Gasteiger partial charge in [0.05, 0.1) is 60.4 Å². The molecule has 2 aliphatic heterocycles. The van der Waals surface area contributed by atoms with Gasteiger partial charge < -0.3 is 30.3 Å². The molecule has 39 heavy (non-hydrogen) atoms. The van der Waals surface area contributed by atoms with Gasteiger partial charge in [-0.15, -0.1) is 11.8 Å². The molecule has 0 unspecified atom stereocenters. The smallest absolute Gasteiger partial charge is 0.270 e. The van der Waals surface area contributed by atoms with Crippen molar-refractivity contribution in [2.75, 3.05) is 24.8 Å². The third-order valence-electron chi connectivity index (χ3n) is 7.12. The van der Waals surface area contributed by atoms with Crippen molar-refractivity contribution in [1.82, 2.24) is 15.3 Å². The number of fused-ring (bicyclic) bond motifs is 2. The van der Waals surface area contributed by atoms with Gasteiger partial charge in [0.25, 0.3) is 5.91 Å². The highest BCUT2D eigenvalue weighted by molar-refractivity contribution is 8.00. The Hall–Kier alpha value is -3.25. The van der Waals surface area contributed by atoms with E-state index in [2.05, 4.69) is 26.7 Å². The fourth-order valence-electron chi connectivity index (χ4n) is 5.07. The predicted octanol–water partition coefficient (Wildman–Crippen LogP) is 2.70. The van der Waals surface area contributed by atoms with Crippen LogP contribution in [0.3, 0.4) is 0 Å². The first-order valence-electron chi connectivity index (χ1n) is 13.0. The number of thioether (sulfide) groups is 1. The number of nitrogens with zero attached hydrogens (tertiary/aromatic N) is 2. The van der Waals surface area contributed by atoms with E-state index in [9.17, 15) is 19.8 Å². The van der Waals surface area contributed by atoms with Crippen LogP contribution in [0.1, 0.15) is 41.7 Å². The van der Waals surface area contributed by atoms with Gasteiger partial charge in [0.2, 0.25) is 5.91 Å². The summed E-state index contributed by atoms with van der Waals surface area (Å²) in [5.74, 6) is 0.880. The maximum atomic E-state index is 13.1. The lowest BCUT2D eigenvalue weighted by molar-refractivity contribution is -0.113. The number of ether oxygens (including phenoxy) is 2. The van der Waals surface area contributed by atoms with E-state index in [1.54, 1.807) is 25.4 Å². The Morgan fingerprint density at radius 1 is 1.31 bits per heavy atom. The van der Waals surface area contributed by atoms with Crippen LogP contribution in [0.2, 0.25) is 0 Å². The van der Waals surface area contributed by atoms with Crippen molar-refractivity contribution in [1.29, 1.82) is 0 Å². The number of carbonyl (C=O) groups is 2. The van der Waals surface area contributed by atoms with Gasteiger partial charge in [0.15, 0.2) is 0 Å². The van der Waals surface area contributed by atoms with Crippen LogP contribution in [-0.2, 0) is 16.0 Å². The Morgan fingerprint density at radius 3 is 3.00 bits per heavy atom. The van der Waals surface area contributed by atoms with Crippen molar-refractivity contribution in [3.8, 4) is 5.75 Å². The first-order valence-corrected chi connectivity index (χ1v) is 14.0. The maximum Gasteiger partial charge on any atom is 0.270 e. The molecule has 1 aromatic carbocycles. The molecule has 0 radical (unpaired) electrons. The molecule has 0 saturated carbocycles. The summed E-state index contributed by atoms with van der Waals surface area (Å²) in [5, 5.41) is 26.4. The number of aliphatic hydroxyl groups is 2. The van der Waals surface area contributed by atoms with Crippen molar-refractivity contribution in [3.05, 3.63) is 53.9 Å². The first-order chi connectivity index (χ1) is 18.9. The Kier molecular flexibility index (Phi) is 8.61. The zero-order valence-electron chi connectivity index (χ0n) is 21.6. The summed E-state index contributed by atoms with van der Waals surface area (Å²) in [5.41, 5.74) is 2.24. The quantitative estimate of drug-likeness (QED) is 0.315. The molecular formula is C28H32N4O6S. The number of aromatic nitrogens is 2. The van der Waals surface area contributed by atoms with E-state index >= 15 is 0 Å². The number of anilines is 1. The largest absolute Gasteiger partial charge is 0.495 e. The second-order valence-electron chi connectivity index (χ2n) is 9.80. The zero-order valence-corrected chi connectivity index (χ0v) is 22.4. The van der Waals surface area contributed by atoms with Crippen LogP contribution in [0, 0.1) is 0 Å². The highest BCUT2D eigenvalue weighted by atomic mass is 32.2. The minimum Gasteiger partial charge on any atom is -0.495 e. The van der Waals surface area contributed by atoms with E-state index in [-0.39, 0.29) is 42.7 Å². The van der Waals surface area contributed by atoms with Crippen LogP contribution in [0.25, 0.3) is 10.9 Å². The van der Waals surface area contributed by atoms with Crippen LogP contribution in [0.4, 0.5) is 5.82 Å². The van der Waals surface area contributed by atoms with Crippen molar-refractivity contribution in [3.63, 3.8) is 0 Å². The third kappa shape index (κ3) is 6.50. The van der Waals surface area contributed by atoms with Crippen molar-refractivity contribution < 1.29 is 29.3 Å². The standard InChI is InChI=1S/C28H32N4O6S/c1-37-19-12-20-16(3-2-4-21(20)29-13-19)5-6-18-7-8-22(24(38-18)11-17(34)14-33)31-28(36)23-9-10-25-27(30-23)32-26(35)15-39-25/h2-4,9-10,12-13,17-18,22,24,33-34H,5-8,11,14-15H2,1H3,(H,31,36)(H,30,32,35)/t17-,18+,22+,24+/m0/s1. The minimum absolute atomic E-state index is 0.0722. The van der Waals surface area contributed by atoms with Gasteiger partial charge in [-0.1, -0.05) is 12.1 Å². The summed E-state index contributed by atoms with van der Waals surface area (Å²) in [7, 11) is 1.62. The Labute approximate surface area is 230 Å². The normalized spacial score (nSPS) is 21.6. The Balaban J connectivity index is 1.25. The molecule has 2 aromatic heterocycles. The predicted molar refractivity (Wildman–Crippen MR) is 147 cm³/mol. The van der Waals surface area contributed by atoms with Crippen molar-refractivity contribution >= 4 is 40.3 Å². The van der Waals surface area contributed by atoms with E-state index in [4.69, 9.17) is 9.47 Å². The molecule has 1 saturated heterocycles. The second-order valence-corrected chi connectivity index (χ2v) is 10.8. The van der Waals surface area contributed by atoms with E-state index < -0.39 is 12.2 Å². The molecule has 2 aliphatic rings. The molecule has 0 bridgehead atoms. The molecule has 3 aromatic rings. The van der Waals surface area contributed by atoms with Crippen LogP contribution >= 0.6 is 11.8 Å². The van der Waals surface area contributed by atoms with Crippen molar-refractivity contribution in [2.24, 2.45) is 0 Å². The number of hydrogen-bond donors (Lipinski definition) is 4. The number of hydrogen-bond acceptors (Lipinski definition) is 9. The third-order valence-corrected chi connectivity index (χ3v) is 8.16. The minimum atomic E-state index is -0.959. The summed E-state index contributed by atoms with van der Waals surface area (Å²) in [6, 6.07) is 11.1. The molecule has 11 heteroatoms. The Bertz CT molecular complexity index is 1350. The number of aryl methyl sites for hydroxylation is 1. The second kappa shape index (κ2) is 12.3. The number of carbonyl (C=O) groups excluding carboxylic acids is 2. The molecule has 1 fully saturated rings. The fraction of sp³-hybridized carbons (Fsp3) is 0.429. The summed E-state index contributed by atoms with van der Waals surface area (Å²) in [4.78, 5) is 34.4. The summed E-state index contributed by atoms with van der Waals surface area (Å²) in [6.07, 6.45) is 3.30. The molecule has 2 amide bonds. The summed E-state index contributed by atoms with van der Waals surface area (Å²) >= 11 is 1.38. The fourth-order valence-corrected chi connectivity index (χ4v) is 5.83. The molecule has 4 N–H and O–H groups in total. The molecule has 0 spiro atoms. The summed E-state index contributed by atoms with van der Waals surface area (Å²) < 4.78 is 11.7. The van der Waals surface area contributed by atoms with Crippen LogP contribution < -0.4 is 15.4 Å². The zero-order chi connectivity index (χ0) is 27.4. The van der Waals surface area contributed by atoms with Gasteiger partial charge in [-0.25, -0.2) is 4.98 Å². The van der Waals surface area contributed by atoms with Gasteiger partial charge in [-0.05, 0) is 55.5 Å². The molecule has 0 aliphatic carbocycles. The first kappa shape index (κ1) is 27.3. The van der Waals surface area contributed by atoms with E-state index in [1.807, 2.05) is 18.2 Å². The van der Waals surface area contributed by atoms with Crippen molar-refractivity contribution in [2.45, 2.75) is 61.4 Å². The van der Waals surface area contributed by atoms with E-state index in [0.717, 1.165) is 40.6 Å². The monoisotopic (exact) mass is 552 g/mol. The number of amides is 2. The Morgan fingerprint density at radius 2 is 2.18 bits per heavy atom. The molecule has 10 nitrogen and oxygen atoms in total. The van der Waals surface area contributed by atoms with Gasteiger partial charge in [0, 0.05) is 11.8 Å². The number of rotatable bonds is 9. The lowest BCUT2D eigenvalue weighted by atomic mass is 9.91.